The van der Waals surface area contributed by atoms with Gasteiger partial charge in [-0.15, -0.1) is 11.3 Å². The van der Waals surface area contributed by atoms with Crippen molar-refractivity contribution in [3.8, 4) is 0 Å². The second-order valence-electron chi connectivity index (χ2n) is 6.60. The van der Waals surface area contributed by atoms with Crippen LogP contribution in [0.2, 0.25) is 0 Å². The second kappa shape index (κ2) is 4.58. The number of aryl methyl sites for hydroxylation is 1. The van der Waals surface area contributed by atoms with Crippen molar-refractivity contribution in [2.24, 2.45) is 0 Å². The lowest BCUT2D eigenvalue weighted by Gasteiger charge is -2.11. The number of fused-ring (bicyclic) bond motifs is 9. The summed E-state index contributed by atoms with van der Waals surface area (Å²) in [4.78, 5) is 6.03. The summed E-state index contributed by atoms with van der Waals surface area (Å²) in [6.45, 7) is 2.18. The van der Waals surface area contributed by atoms with Gasteiger partial charge >= 0.3 is 0 Å². The van der Waals surface area contributed by atoms with Crippen molar-refractivity contribution in [1.82, 2.24) is 9.38 Å². The molecule has 2 nitrogen and oxygen atoms in total. The number of nitrogens with zero attached hydrogens (tertiary/aromatic N) is 2. The maximum atomic E-state index is 4.68. The van der Waals surface area contributed by atoms with Crippen LogP contribution in [0.4, 0.5) is 0 Å². The Morgan fingerprint density at radius 3 is 2.48 bits per heavy atom. The van der Waals surface area contributed by atoms with Gasteiger partial charge in [0.2, 0.25) is 0 Å². The van der Waals surface area contributed by atoms with Crippen LogP contribution in [0.25, 0.3) is 48.2 Å². The molecule has 0 bridgehead atoms. The SMILES string of the molecule is Cc1cc2c(ccc3c4cc5ccccc5cc4c4nccn4c23)s1. The van der Waals surface area contributed by atoms with E-state index >= 15 is 0 Å². The molecule has 6 rings (SSSR count). The van der Waals surface area contributed by atoms with Gasteiger partial charge in [-0.05, 0) is 47.3 Å². The van der Waals surface area contributed by atoms with Gasteiger partial charge in [-0.25, -0.2) is 4.98 Å². The van der Waals surface area contributed by atoms with Crippen molar-refractivity contribution in [3.63, 3.8) is 0 Å². The fourth-order valence-corrected chi connectivity index (χ4v) is 4.96. The Morgan fingerprint density at radius 2 is 1.64 bits per heavy atom. The van der Waals surface area contributed by atoms with Gasteiger partial charge in [-0.2, -0.15) is 0 Å². The molecule has 0 N–H and O–H groups in total. The standard InChI is InChI=1S/C22H14N2S/c1-13-10-19-20(25-13)7-6-16-17-11-14-4-2-3-5-15(14)12-18(17)22-23-8-9-24(22)21(16)19/h2-12H,1H3. The van der Waals surface area contributed by atoms with E-state index in [1.54, 1.807) is 0 Å². The summed E-state index contributed by atoms with van der Waals surface area (Å²) in [6.07, 6.45) is 3.99. The van der Waals surface area contributed by atoms with Crippen molar-refractivity contribution in [2.75, 3.05) is 0 Å². The van der Waals surface area contributed by atoms with Crippen molar-refractivity contribution < 1.29 is 0 Å². The zero-order chi connectivity index (χ0) is 16.5. The molecule has 0 aliphatic rings. The third kappa shape index (κ3) is 1.71. The second-order valence-corrected chi connectivity index (χ2v) is 7.88. The Morgan fingerprint density at radius 1 is 0.840 bits per heavy atom. The normalized spacial score (nSPS) is 12.2. The molecule has 0 spiro atoms. The Labute approximate surface area is 148 Å². The number of hydrogen-bond acceptors (Lipinski definition) is 2. The first-order valence-electron chi connectivity index (χ1n) is 8.40. The molecule has 3 aromatic carbocycles. The van der Waals surface area contributed by atoms with Crippen LogP contribution < -0.4 is 0 Å². The van der Waals surface area contributed by atoms with Crippen LogP contribution in [-0.4, -0.2) is 9.38 Å². The monoisotopic (exact) mass is 338 g/mol. The van der Waals surface area contributed by atoms with E-state index in [4.69, 9.17) is 0 Å². The van der Waals surface area contributed by atoms with Gasteiger partial charge in [0, 0.05) is 38.1 Å². The van der Waals surface area contributed by atoms with Crippen LogP contribution in [-0.2, 0) is 0 Å². The summed E-state index contributed by atoms with van der Waals surface area (Å²) >= 11 is 1.85. The molecule has 0 radical (unpaired) electrons. The molecule has 3 heteroatoms. The van der Waals surface area contributed by atoms with Gasteiger partial charge in [0.15, 0.2) is 0 Å². The number of pyridine rings is 1. The van der Waals surface area contributed by atoms with Crippen LogP contribution in [0.15, 0.2) is 67.0 Å². The summed E-state index contributed by atoms with van der Waals surface area (Å²) in [5, 5.41) is 7.62. The fourth-order valence-electron chi connectivity index (χ4n) is 4.03. The van der Waals surface area contributed by atoms with Crippen LogP contribution in [0, 0.1) is 6.92 Å². The summed E-state index contributed by atoms with van der Waals surface area (Å²) in [5.74, 6) is 0. The first-order valence-corrected chi connectivity index (χ1v) is 9.22. The molecule has 6 aromatic rings. The molecule has 0 amide bonds. The van der Waals surface area contributed by atoms with Gasteiger partial charge in [0.25, 0.3) is 0 Å². The van der Waals surface area contributed by atoms with Crippen molar-refractivity contribution in [2.45, 2.75) is 6.92 Å². The molecule has 3 aromatic heterocycles. The van der Waals surface area contributed by atoms with E-state index in [1.807, 2.05) is 17.5 Å². The van der Waals surface area contributed by atoms with E-state index in [-0.39, 0.29) is 0 Å². The van der Waals surface area contributed by atoms with Crippen LogP contribution >= 0.6 is 11.3 Å². The smallest absolute Gasteiger partial charge is 0.145 e. The molecule has 0 aliphatic carbocycles. The number of hydrogen-bond donors (Lipinski definition) is 0. The van der Waals surface area contributed by atoms with Gasteiger partial charge in [-0.3, -0.25) is 4.40 Å². The highest BCUT2D eigenvalue weighted by atomic mass is 32.1. The number of rotatable bonds is 0. The molecule has 0 fully saturated rings. The Bertz CT molecular complexity index is 1450. The zero-order valence-corrected chi connectivity index (χ0v) is 14.5. The quantitative estimate of drug-likeness (QED) is 0.234. The van der Waals surface area contributed by atoms with Gasteiger partial charge in [-0.1, -0.05) is 30.3 Å². The Kier molecular flexibility index (Phi) is 2.46. The van der Waals surface area contributed by atoms with E-state index in [1.165, 1.54) is 47.4 Å². The molecule has 3 heterocycles. The van der Waals surface area contributed by atoms with E-state index in [9.17, 15) is 0 Å². The van der Waals surface area contributed by atoms with Crippen molar-refractivity contribution in [3.05, 3.63) is 71.9 Å². The lowest BCUT2D eigenvalue weighted by molar-refractivity contribution is 1.28. The van der Waals surface area contributed by atoms with Gasteiger partial charge in [0.1, 0.15) is 5.65 Å². The highest BCUT2D eigenvalue weighted by Crippen LogP contribution is 2.37. The molecule has 0 saturated carbocycles. The van der Waals surface area contributed by atoms with Crippen LogP contribution in [0.3, 0.4) is 0 Å². The number of thiophene rings is 1. The molecule has 25 heavy (non-hydrogen) atoms. The maximum absolute atomic E-state index is 4.68. The highest BCUT2D eigenvalue weighted by molar-refractivity contribution is 7.19. The summed E-state index contributed by atoms with van der Waals surface area (Å²) in [5.41, 5.74) is 2.29. The number of imidazole rings is 1. The maximum Gasteiger partial charge on any atom is 0.145 e. The molecule has 0 unspecified atom stereocenters. The molecule has 118 valence electrons. The molecule has 0 atom stereocenters. The predicted octanol–water partition coefficient (Wildman–Crippen LogP) is 6.32. The van der Waals surface area contributed by atoms with E-state index in [2.05, 4.69) is 77.1 Å². The first kappa shape index (κ1) is 13.4. The minimum atomic E-state index is 1.03. The summed E-state index contributed by atoms with van der Waals surface area (Å²) in [6, 6.07) is 20.0. The molecular weight excluding hydrogens is 324 g/mol. The third-order valence-corrected chi connectivity index (χ3v) is 6.11. The largest absolute Gasteiger partial charge is 0.298 e. The van der Waals surface area contributed by atoms with Gasteiger partial charge < -0.3 is 0 Å². The molecule has 0 aliphatic heterocycles. The van der Waals surface area contributed by atoms with Crippen molar-refractivity contribution in [1.29, 1.82) is 0 Å². The topological polar surface area (TPSA) is 17.3 Å². The average Bonchev–Trinajstić information content (AvgIpc) is 3.25. The third-order valence-electron chi connectivity index (χ3n) is 5.09. The molecular formula is C22H14N2S. The Hall–Kier alpha value is -2.91. The fraction of sp³-hybridized carbons (Fsp3) is 0.0455. The lowest BCUT2D eigenvalue weighted by atomic mass is 10.00. The summed E-state index contributed by atoms with van der Waals surface area (Å²) in [7, 11) is 0. The van der Waals surface area contributed by atoms with Gasteiger partial charge in [0.05, 0.1) is 5.52 Å². The Balaban J connectivity index is 1.99. The van der Waals surface area contributed by atoms with E-state index in [0.29, 0.717) is 0 Å². The van der Waals surface area contributed by atoms with E-state index in [0.717, 1.165) is 5.65 Å². The lowest BCUT2D eigenvalue weighted by Crippen LogP contribution is -1.91. The summed E-state index contributed by atoms with van der Waals surface area (Å²) < 4.78 is 3.58. The van der Waals surface area contributed by atoms with Crippen LogP contribution in [0.5, 0.6) is 0 Å². The van der Waals surface area contributed by atoms with Crippen LogP contribution in [0.1, 0.15) is 4.88 Å². The van der Waals surface area contributed by atoms with E-state index < -0.39 is 0 Å². The minimum absolute atomic E-state index is 1.03. The minimum Gasteiger partial charge on any atom is -0.298 e. The first-order chi connectivity index (χ1) is 12.3. The molecule has 0 saturated heterocycles. The highest BCUT2D eigenvalue weighted by Gasteiger charge is 2.14. The zero-order valence-electron chi connectivity index (χ0n) is 13.7. The number of aromatic nitrogens is 2. The van der Waals surface area contributed by atoms with Crippen molar-refractivity contribution >= 4 is 59.5 Å². The average molecular weight is 338 g/mol. The predicted molar refractivity (Wildman–Crippen MR) is 108 cm³/mol. The number of benzene rings is 3.